The topological polar surface area (TPSA) is 56.7 Å². The average molecular weight is 215 g/mol. The lowest BCUT2D eigenvalue weighted by molar-refractivity contribution is -0.355. The van der Waals surface area contributed by atoms with Gasteiger partial charge in [-0.2, -0.15) is 0 Å². The molecule has 1 aromatic rings. The molecule has 0 aliphatic rings. The zero-order valence-electron chi connectivity index (χ0n) is 8.16. The molecule has 0 radical (unpaired) electrons. The van der Waals surface area contributed by atoms with Gasteiger partial charge in [-0.25, -0.2) is 0 Å². The average Bonchev–Trinajstić information content (AvgIpc) is 2.19. The molecule has 14 heavy (non-hydrogen) atoms. The minimum absolute atomic E-state index is 0. The number of quaternary nitrogens is 1. The summed E-state index contributed by atoms with van der Waals surface area (Å²) in [5.74, 6) is -0.0173. The summed E-state index contributed by atoms with van der Waals surface area (Å²) in [6.07, 6.45) is 0. The Morgan fingerprint density at radius 3 is 2.50 bits per heavy atom. The van der Waals surface area contributed by atoms with Crippen molar-refractivity contribution in [3.05, 3.63) is 35.9 Å². The third-order valence-electron chi connectivity index (χ3n) is 1.90. The van der Waals surface area contributed by atoms with Crippen LogP contribution in [-0.2, 0) is 4.79 Å². The lowest BCUT2D eigenvalue weighted by Crippen LogP contribution is -3.00. The van der Waals surface area contributed by atoms with Crippen molar-refractivity contribution in [3.8, 4) is 0 Å². The molecule has 0 unspecified atom stereocenters. The zero-order chi connectivity index (χ0) is 9.68. The van der Waals surface area contributed by atoms with Gasteiger partial charge in [0, 0.05) is 0 Å². The highest BCUT2D eigenvalue weighted by molar-refractivity contribution is 5.77. The lowest BCUT2D eigenvalue weighted by atomic mass is 10.1. The number of amides is 1. The lowest BCUT2D eigenvalue weighted by Gasteiger charge is -2.12. The van der Waals surface area contributed by atoms with E-state index >= 15 is 0 Å². The summed E-state index contributed by atoms with van der Waals surface area (Å²) in [5, 5.41) is 2.84. The Balaban J connectivity index is 0.00000169. The van der Waals surface area contributed by atoms with Crippen molar-refractivity contribution < 1.29 is 22.9 Å². The number of benzene rings is 1. The molecule has 1 atom stereocenters. The van der Waals surface area contributed by atoms with Crippen molar-refractivity contribution in [2.45, 2.75) is 13.0 Å². The van der Waals surface area contributed by atoms with Gasteiger partial charge < -0.3 is 23.5 Å². The zero-order valence-corrected chi connectivity index (χ0v) is 8.92. The molecule has 0 aliphatic heterocycles. The van der Waals surface area contributed by atoms with Gasteiger partial charge >= 0.3 is 0 Å². The summed E-state index contributed by atoms with van der Waals surface area (Å²) >= 11 is 0. The van der Waals surface area contributed by atoms with Crippen LogP contribution in [0.15, 0.2) is 30.3 Å². The van der Waals surface area contributed by atoms with Crippen LogP contribution in [0.3, 0.4) is 0 Å². The van der Waals surface area contributed by atoms with E-state index < -0.39 is 0 Å². The Morgan fingerprint density at radius 2 is 2.00 bits per heavy atom. The van der Waals surface area contributed by atoms with E-state index in [0.717, 1.165) is 5.56 Å². The molecule has 0 heterocycles. The smallest absolute Gasteiger partial charge is 0.275 e. The monoisotopic (exact) mass is 214 g/mol. The fourth-order valence-corrected chi connectivity index (χ4v) is 1.14. The predicted molar refractivity (Wildman–Crippen MR) is 50.8 cm³/mol. The van der Waals surface area contributed by atoms with Crippen LogP contribution >= 0.6 is 0 Å². The van der Waals surface area contributed by atoms with Gasteiger partial charge in [-0.15, -0.1) is 0 Å². The van der Waals surface area contributed by atoms with E-state index in [1.165, 1.54) is 0 Å². The summed E-state index contributed by atoms with van der Waals surface area (Å²) < 4.78 is 0. The van der Waals surface area contributed by atoms with E-state index in [-0.39, 0.29) is 30.9 Å². The van der Waals surface area contributed by atoms with Gasteiger partial charge in [0.2, 0.25) is 0 Å². The molecular formula is C10H15ClN2O. The van der Waals surface area contributed by atoms with Gasteiger partial charge in [-0.1, -0.05) is 30.3 Å². The van der Waals surface area contributed by atoms with E-state index in [9.17, 15) is 4.79 Å². The highest BCUT2D eigenvalue weighted by Gasteiger charge is 2.07. The molecule has 0 saturated heterocycles. The summed E-state index contributed by atoms with van der Waals surface area (Å²) in [6, 6.07) is 9.93. The van der Waals surface area contributed by atoms with Crippen LogP contribution in [0.2, 0.25) is 0 Å². The third kappa shape index (κ3) is 3.77. The van der Waals surface area contributed by atoms with Crippen LogP contribution in [-0.4, -0.2) is 12.5 Å². The maximum absolute atomic E-state index is 11.0. The maximum atomic E-state index is 11.0. The fraction of sp³-hybridized carbons (Fsp3) is 0.300. The van der Waals surface area contributed by atoms with Crippen molar-refractivity contribution in [2.75, 3.05) is 6.54 Å². The maximum Gasteiger partial charge on any atom is 0.275 e. The Morgan fingerprint density at radius 1 is 1.43 bits per heavy atom. The summed E-state index contributed by atoms with van der Waals surface area (Å²) in [7, 11) is 0. The molecule has 0 aliphatic carbocycles. The number of rotatable bonds is 3. The highest BCUT2D eigenvalue weighted by atomic mass is 35.5. The summed E-state index contributed by atoms with van der Waals surface area (Å²) in [5.41, 5.74) is 4.64. The minimum atomic E-state index is -0.0173. The Bertz CT molecular complexity index is 277. The van der Waals surface area contributed by atoms with Crippen LogP contribution in [0.5, 0.6) is 0 Å². The largest absolute Gasteiger partial charge is 1.00 e. The number of hydrogen-bond acceptors (Lipinski definition) is 1. The Hall–Kier alpha value is -1.06. The van der Waals surface area contributed by atoms with E-state index in [2.05, 4.69) is 11.1 Å². The first-order valence-corrected chi connectivity index (χ1v) is 4.37. The molecule has 1 amide bonds. The van der Waals surface area contributed by atoms with Crippen LogP contribution < -0.4 is 23.5 Å². The predicted octanol–water partition coefficient (Wildman–Crippen LogP) is -2.89. The molecule has 0 saturated carbocycles. The molecule has 0 bridgehead atoms. The van der Waals surface area contributed by atoms with Crippen molar-refractivity contribution in [1.29, 1.82) is 0 Å². The number of carbonyl (C=O) groups excluding carboxylic acids is 1. The van der Waals surface area contributed by atoms with Gasteiger partial charge in [0.15, 0.2) is 6.54 Å². The van der Waals surface area contributed by atoms with Crippen LogP contribution in [0.4, 0.5) is 0 Å². The first kappa shape index (κ1) is 12.9. The third-order valence-corrected chi connectivity index (χ3v) is 1.90. The SMILES string of the molecule is C[C@H](NC(=O)C[NH3+])c1ccccc1.[Cl-]. The van der Waals surface area contributed by atoms with E-state index in [1.807, 2.05) is 37.3 Å². The minimum Gasteiger partial charge on any atom is -1.00 e. The number of carbonyl (C=O) groups is 1. The molecule has 4 N–H and O–H groups in total. The van der Waals surface area contributed by atoms with Crippen LogP contribution in [0.1, 0.15) is 18.5 Å². The second-order valence-electron chi connectivity index (χ2n) is 2.95. The van der Waals surface area contributed by atoms with Gasteiger partial charge in [-0.05, 0) is 12.5 Å². The quantitative estimate of drug-likeness (QED) is 0.558. The molecule has 78 valence electrons. The highest BCUT2D eigenvalue weighted by Crippen LogP contribution is 2.10. The standard InChI is InChI=1S/C10H14N2O.ClH/c1-8(12-10(13)7-11)9-5-3-2-4-6-9;/h2-6,8H,7,11H2,1H3,(H,12,13);1H/t8-;/m0./s1. The van der Waals surface area contributed by atoms with Gasteiger partial charge in [-0.3, -0.25) is 4.79 Å². The van der Waals surface area contributed by atoms with Gasteiger partial charge in [0.1, 0.15) is 0 Å². The summed E-state index contributed by atoms with van der Waals surface area (Å²) in [6.45, 7) is 2.25. The first-order valence-electron chi connectivity index (χ1n) is 4.37. The van der Waals surface area contributed by atoms with Crippen molar-refractivity contribution in [2.24, 2.45) is 0 Å². The number of halogens is 1. The molecular weight excluding hydrogens is 200 g/mol. The normalized spacial score (nSPS) is 11.3. The first-order chi connectivity index (χ1) is 6.24. The van der Waals surface area contributed by atoms with E-state index in [1.54, 1.807) is 0 Å². The molecule has 0 fully saturated rings. The molecule has 4 heteroatoms. The number of hydrogen-bond donors (Lipinski definition) is 2. The van der Waals surface area contributed by atoms with Crippen molar-refractivity contribution >= 4 is 5.91 Å². The second-order valence-corrected chi connectivity index (χ2v) is 2.95. The van der Waals surface area contributed by atoms with Crippen LogP contribution in [0, 0.1) is 0 Å². The number of nitrogens with one attached hydrogen (secondary N) is 1. The van der Waals surface area contributed by atoms with Gasteiger partial charge in [0.05, 0.1) is 6.04 Å². The van der Waals surface area contributed by atoms with Crippen molar-refractivity contribution in [1.82, 2.24) is 5.32 Å². The van der Waals surface area contributed by atoms with Crippen LogP contribution in [0.25, 0.3) is 0 Å². The van der Waals surface area contributed by atoms with E-state index in [0.29, 0.717) is 0 Å². The molecule has 0 spiro atoms. The van der Waals surface area contributed by atoms with E-state index in [4.69, 9.17) is 0 Å². The molecule has 1 aromatic carbocycles. The Labute approximate surface area is 90.1 Å². The molecule has 0 aromatic heterocycles. The van der Waals surface area contributed by atoms with Gasteiger partial charge in [0.25, 0.3) is 5.91 Å². The second kappa shape index (κ2) is 6.40. The molecule has 3 nitrogen and oxygen atoms in total. The fourth-order valence-electron chi connectivity index (χ4n) is 1.14. The Kier molecular flexibility index (Phi) is 5.92. The summed E-state index contributed by atoms with van der Waals surface area (Å²) in [4.78, 5) is 11.0. The van der Waals surface area contributed by atoms with Crippen molar-refractivity contribution in [3.63, 3.8) is 0 Å². The molecule has 1 rings (SSSR count).